The predicted molar refractivity (Wildman–Crippen MR) is 67.5 cm³/mol. The van der Waals surface area contributed by atoms with Crippen molar-refractivity contribution in [2.45, 2.75) is 25.9 Å². The maximum Gasteiger partial charge on any atom is 0.258 e. The number of aliphatic hydroxyl groups is 1. The van der Waals surface area contributed by atoms with Gasteiger partial charge in [-0.1, -0.05) is 0 Å². The second-order valence-electron chi connectivity index (χ2n) is 4.70. The lowest BCUT2D eigenvalue weighted by Crippen LogP contribution is -2.34. The average Bonchev–Trinajstić information content (AvgIpc) is 2.80. The maximum atomic E-state index is 12.3. The van der Waals surface area contributed by atoms with Crippen LogP contribution in [0.15, 0.2) is 0 Å². The normalized spacial score (nSPS) is 24.1. The van der Waals surface area contributed by atoms with Crippen molar-refractivity contribution >= 4 is 22.4 Å². The molecule has 2 N–H and O–H groups in total. The maximum absolute atomic E-state index is 12.3. The number of nitrogens with one attached hydrogen (secondary N) is 1. The quantitative estimate of drug-likeness (QED) is 0.830. The molecule has 0 radical (unpaired) electrons. The molecule has 5 nitrogen and oxygen atoms in total. The largest absolute Gasteiger partial charge is 0.388 e. The molecule has 94 valence electrons. The number of hydrogen-bond acceptors (Lipinski definition) is 5. The zero-order valence-electron chi connectivity index (χ0n) is 10.3. The van der Waals surface area contributed by atoms with Crippen LogP contribution in [-0.4, -0.2) is 46.0 Å². The van der Waals surface area contributed by atoms with Gasteiger partial charge >= 0.3 is 0 Å². The van der Waals surface area contributed by atoms with Gasteiger partial charge < -0.3 is 15.3 Å². The Morgan fingerprint density at radius 1 is 1.65 bits per heavy atom. The van der Waals surface area contributed by atoms with Crippen LogP contribution < -0.4 is 5.32 Å². The summed E-state index contributed by atoms with van der Waals surface area (Å²) in [6, 6.07) is 0. The van der Waals surface area contributed by atoms with Gasteiger partial charge in [-0.25, -0.2) is 0 Å². The number of carbonyl (C=O) groups excluding carboxylic acids is 1. The smallest absolute Gasteiger partial charge is 0.258 e. The number of anilines is 1. The molecule has 1 saturated heterocycles. The number of β-amino-alcohol motifs (C(OH)–C–C–N with tert-alkyl or cyclic N) is 1. The third-order valence-electron chi connectivity index (χ3n) is 3.04. The first-order valence-electron chi connectivity index (χ1n) is 5.60. The molecule has 1 fully saturated rings. The van der Waals surface area contributed by atoms with E-state index in [9.17, 15) is 9.90 Å². The van der Waals surface area contributed by atoms with Gasteiger partial charge in [-0.15, -0.1) is 0 Å². The number of hydrogen-bond donors (Lipinski definition) is 2. The minimum absolute atomic E-state index is 0.0432. The van der Waals surface area contributed by atoms with Gasteiger partial charge in [0.15, 0.2) is 0 Å². The van der Waals surface area contributed by atoms with Crippen molar-refractivity contribution in [3.8, 4) is 0 Å². The van der Waals surface area contributed by atoms with Crippen LogP contribution in [0.1, 0.15) is 29.4 Å². The van der Waals surface area contributed by atoms with E-state index in [-0.39, 0.29) is 5.91 Å². The first-order chi connectivity index (χ1) is 7.94. The highest BCUT2D eigenvalue weighted by Crippen LogP contribution is 2.28. The van der Waals surface area contributed by atoms with Crippen LogP contribution in [0, 0.1) is 6.92 Å². The van der Waals surface area contributed by atoms with E-state index in [2.05, 4.69) is 9.69 Å². The van der Waals surface area contributed by atoms with E-state index in [0.717, 1.165) is 10.7 Å². The summed E-state index contributed by atoms with van der Waals surface area (Å²) in [6.07, 6.45) is 0.629. The second kappa shape index (κ2) is 4.27. The summed E-state index contributed by atoms with van der Waals surface area (Å²) in [5, 5.41) is 13.7. The van der Waals surface area contributed by atoms with Crippen molar-refractivity contribution < 1.29 is 9.90 Å². The molecule has 2 heterocycles. The van der Waals surface area contributed by atoms with Crippen LogP contribution in [0.2, 0.25) is 0 Å². The Hall–Kier alpha value is -1.14. The molecule has 0 aliphatic carbocycles. The van der Waals surface area contributed by atoms with Gasteiger partial charge in [0.05, 0.1) is 16.9 Å². The van der Waals surface area contributed by atoms with Crippen LogP contribution in [0.3, 0.4) is 0 Å². The second-order valence-corrected chi connectivity index (χ2v) is 5.47. The summed E-state index contributed by atoms with van der Waals surface area (Å²) in [7, 11) is 1.78. The Balaban J connectivity index is 2.23. The molecule has 1 amide bonds. The number of aromatic nitrogens is 1. The minimum Gasteiger partial charge on any atom is -0.388 e. The summed E-state index contributed by atoms with van der Waals surface area (Å²) in [4.78, 5) is 14.0. The number of carbonyl (C=O) groups is 1. The zero-order valence-corrected chi connectivity index (χ0v) is 11.1. The number of likely N-dealkylation sites (tertiary alicyclic amines) is 1. The number of nitrogens with zero attached hydrogens (tertiary/aromatic N) is 2. The van der Waals surface area contributed by atoms with Crippen molar-refractivity contribution in [3.05, 3.63) is 11.3 Å². The van der Waals surface area contributed by atoms with Crippen LogP contribution >= 0.6 is 11.5 Å². The lowest BCUT2D eigenvalue weighted by Gasteiger charge is -2.19. The van der Waals surface area contributed by atoms with Crippen molar-refractivity contribution in [2.24, 2.45) is 0 Å². The fraction of sp³-hybridized carbons (Fsp3) is 0.636. The van der Waals surface area contributed by atoms with Crippen LogP contribution in [0.4, 0.5) is 5.00 Å². The van der Waals surface area contributed by atoms with E-state index in [0.29, 0.717) is 25.1 Å². The van der Waals surface area contributed by atoms with E-state index in [1.54, 1.807) is 18.9 Å². The SMILES string of the molecule is CNc1snc(C)c1C(=O)N1CCC(C)(O)C1. The van der Waals surface area contributed by atoms with Gasteiger partial charge in [0.25, 0.3) is 5.91 Å². The predicted octanol–water partition coefficient (Wildman–Crippen LogP) is 1.09. The van der Waals surface area contributed by atoms with Crippen molar-refractivity contribution in [3.63, 3.8) is 0 Å². The molecule has 0 aromatic carbocycles. The molecule has 0 spiro atoms. The Kier molecular flexibility index (Phi) is 3.09. The fourth-order valence-electron chi connectivity index (χ4n) is 2.07. The fourth-order valence-corrected chi connectivity index (χ4v) is 2.81. The standard InChI is InChI=1S/C11H17N3O2S/c1-7-8(9(12-3)17-13-7)10(15)14-5-4-11(2,16)6-14/h12,16H,4-6H2,1-3H3. The highest BCUT2D eigenvalue weighted by Gasteiger charge is 2.35. The Labute approximate surface area is 105 Å². The van der Waals surface area contributed by atoms with Gasteiger partial charge in [0, 0.05) is 20.1 Å². The summed E-state index contributed by atoms with van der Waals surface area (Å²) < 4.78 is 4.19. The molecule has 1 aromatic heterocycles. The van der Waals surface area contributed by atoms with E-state index in [4.69, 9.17) is 0 Å². The lowest BCUT2D eigenvalue weighted by molar-refractivity contribution is 0.0572. The molecule has 0 bridgehead atoms. The molecule has 1 atom stereocenters. The molecule has 17 heavy (non-hydrogen) atoms. The highest BCUT2D eigenvalue weighted by molar-refractivity contribution is 7.10. The van der Waals surface area contributed by atoms with Gasteiger partial charge in [-0.2, -0.15) is 4.37 Å². The van der Waals surface area contributed by atoms with Gasteiger partial charge in [0.2, 0.25) is 0 Å². The van der Waals surface area contributed by atoms with E-state index >= 15 is 0 Å². The number of amides is 1. The molecule has 0 saturated carbocycles. The molecular formula is C11H17N3O2S. The summed E-state index contributed by atoms with van der Waals surface area (Å²) in [5.74, 6) is -0.0432. The van der Waals surface area contributed by atoms with Crippen molar-refractivity contribution in [1.29, 1.82) is 0 Å². The molecule has 1 aliphatic rings. The van der Waals surface area contributed by atoms with Crippen LogP contribution in [0.5, 0.6) is 0 Å². The molecule has 1 aliphatic heterocycles. The Morgan fingerprint density at radius 2 is 2.35 bits per heavy atom. The number of rotatable bonds is 2. The molecule has 2 rings (SSSR count). The molecular weight excluding hydrogens is 238 g/mol. The summed E-state index contributed by atoms with van der Waals surface area (Å²) >= 11 is 1.29. The van der Waals surface area contributed by atoms with Gasteiger partial charge in [-0.05, 0) is 31.8 Å². The van der Waals surface area contributed by atoms with Crippen molar-refractivity contribution in [1.82, 2.24) is 9.27 Å². The van der Waals surface area contributed by atoms with Crippen molar-refractivity contribution in [2.75, 3.05) is 25.5 Å². The molecule has 1 unspecified atom stereocenters. The third-order valence-corrected chi connectivity index (χ3v) is 4.00. The van der Waals surface area contributed by atoms with Crippen LogP contribution in [0.25, 0.3) is 0 Å². The summed E-state index contributed by atoms with van der Waals surface area (Å²) in [6.45, 7) is 4.59. The van der Waals surface area contributed by atoms with E-state index < -0.39 is 5.60 Å². The first kappa shape index (κ1) is 12.3. The van der Waals surface area contributed by atoms with E-state index in [1.807, 2.05) is 6.92 Å². The lowest BCUT2D eigenvalue weighted by atomic mass is 10.1. The first-order valence-corrected chi connectivity index (χ1v) is 6.37. The van der Waals surface area contributed by atoms with Gasteiger partial charge in [0.1, 0.15) is 5.00 Å². The average molecular weight is 255 g/mol. The number of aryl methyl sites for hydroxylation is 1. The Morgan fingerprint density at radius 3 is 2.88 bits per heavy atom. The zero-order chi connectivity index (χ0) is 12.6. The Bertz CT molecular complexity index is 442. The minimum atomic E-state index is -0.757. The summed E-state index contributed by atoms with van der Waals surface area (Å²) in [5.41, 5.74) is 0.624. The third kappa shape index (κ3) is 2.28. The monoisotopic (exact) mass is 255 g/mol. The van der Waals surface area contributed by atoms with Gasteiger partial charge in [-0.3, -0.25) is 4.79 Å². The molecule has 1 aromatic rings. The highest BCUT2D eigenvalue weighted by atomic mass is 32.1. The molecule has 6 heteroatoms. The topological polar surface area (TPSA) is 65.5 Å². The van der Waals surface area contributed by atoms with E-state index in [1.165, 1.54) is 11.5 Å². The van der Waals surface area contributed by atoms with Crippen LogP contribution in [-0.2, 0) is 0 Å².